The molecule has 0 bridgehead atoms. The van der Waals surface area contributed by atoms with Gasteiger partial charge in [0, 0.05) is 6.04 Å². The second-order valence-corrected chi connectivity index (χ2v) is 4.95. The molecule has 2 aliphatic rings. The lowest BCUT2D eigenvalue weighted by molar-refractivity contribution is -0.199. The van der Waals surface area contributed by atoms with Crippen LogP contribution in [0, 0.1) is 5.92 Å². The number of alkyl halides is 3. The lowest BCUT2D eigenvalue weighted by Gasteiger charge is -2.37. The largest absolute Gasteiger partial charge is 0.391 e. The number of nitrogens with one attached hydrogen (secondary N) is 2. The van der Waals surface area contributed by atoms with Crippen molar-refractivity contribution in [1.29, 1.82) is 0 Å². The number of amides is 3. The van der Waals surface area contributed by atoms with E-state index in [1.165, 1.54) is 0 Å². The Kier molecular flexibility index (Phi) is 2.90. The predicted octanol–water partition coefficient (Wildman–Crippen LogP) is 0.644. The van der Waals surface area contributed by atoms with Gasteiger partial charge in [0.2, 0.25) is 5.91 Å². The molecule has 2 fully saturated rings. The van der Waals surface area contributed by atoms with Crippen molar-refractivity contribution < 1.29 is 22.8 Å². The smallest absolute Gasteiger partial charge is 0.352 e. The molecule has 0 spiro atoms. The van der Waals surface area contributed by atoms with Gasteiger partial charge in [0.05, 0.1) is 5.92 Å². The second kappa shape index (κ2) is 4.03. The van der Waals surface area contributed by atoms with Crippen molar-refractivity contribution in [3.05, 3.63) is 0 Å². The summed E-state index contributed by atoms with van der Waals surface area (Å²) in [5.41, 5.74) is 3.94. The van der Waals surface area contributed by atoms with Crippen molar-refractivity contribution in [2.75, 3.05) is 0 Å². The van der Waals surface area contributed by atoms with Crippen molar-refractivity contribution >= 4 is 11.9 Å². The van der Waals surface area contributed by atoms with Crippen LogP contribution < -0.4 is 16.4 Å². The normalized spacial score (nSPS) is 29.1. The summed E-state index contributed by atoms with van der Waals surface area (Å²) in [6.45, 7) is 0. The van der Waals surface area contributed by atoms with E-state index in [0.717, 1.165) is 0 Å². The van der Waals surface area contributed by atoms with E-state index in [4.69, 9.17) is 5.73 Å². The van der Waals surface area contributed by atoms with Crippen molar-refractivity contribution in [2.24, 2.45) is 11.7 Å². The molecule has 0 aromatic carbocycles. The molecule has 2 rings (SSSR count). The maximum absolute atomic E-state index is 12.2. The minimum atomic E-state index is -4.19. The Morgan fingerprint density at radius 2 is 1.78 bits per heavy atom. The number of urea groups is 1. The summed E-state index contributed by atoms with van der Waals surface area (Å²) in [5.74, 6) is -1.77. The van der Waals surface area contributed by atoms with Crippen LogP contribution in [-0.4, -0.2) is 29.7 Å². The molecule has 0 atom stereocenters. The maximum atomic E-state index is 12.2. The highest BCUT2D eigenvalue weighted by Gasteiger charge is 2.54. The van der Waals surface area contributed by atoms with Crippen LogP contribution in [0.5, 0.6) is 0 Å². The van der Waals surface area contributed by atoms with Crippen LogP contribution in [0.3, 0.4) is 0 Å². The number of primary amides is 1. The molecule has 0 aromatic rings. The Morgan fingerprint density at radius 3 is 2.17 bits per heavy atom. The minimum Gasteiger partial charge on any atom is -0.352 e. The minimum absolute atomic E-state index is 0.0953. The Morgan fingerprint density at radius 1 is 1.22 bits per heavy atom. The highest BCUT2D eigenvalue weighted by atomic mass is 19.4. The van der Waals surface area contributed by atoms with E-state index in [1.54, 1.807) is 0 Å². The molecule has 18 heavy (non-hydrogen) atoms. The van der Waals surface area contributed by atoms with Crippen molar-refractivity contribution in [3.8, 4) is 0 Å². The number of nitrogens with two attached hydrogens (primary N) is 1. The summed E-state index contributed by atoms with van der Waals surface area (Å²) in [6.07, 6.45) is -3.44. The SMILES string of the molecule is NC(=O)NC1(C(=O)NC2CC(C(F)(F)F)C2)CC1. The number of hydrogen-bond donors (Lipinski definition) is 3. The molecule has 0 aliphatic heterocycles. The molecule has 102 valence electrons. The molecule has 3 amide bonds. The van der Waals surface area contributed by atoms with E-state index in [0.29, 0.717) is 12.8 Å². The molecule has 0 aromatic heterocycles. The first-order chi connectivity index (χ1) is 8.23. The third-order valence-electron chi connectivity index (χ3n) is 3.48. The molecule has 0 radical (unpaired) electrons. The van der Waals surface area contributed by atoms with E-state index >= 15 is 0 Å². The van der Waals surface area contributed by atoms with Crippen molar-refractivity contribution in [2.45, 2.75) is 43.4 Å². The van der Waals surface area contributed by atoms with Gasteiger partial charge < -0.3 is 16.4 Å². The highest BCUT2D eigenvalue weighted by Crippen LogP contribution is 2.42. The van der Waals surface area contributed by atoms with Crippen molar-refractivity contribution in [1.82, 2.24) is 10.6 Å². The van der Waals surface area contributed by atoms with Crippen LogP contribution in [0.25, 0.3) is 0 Å². The Balaban J connectivity index is 1.79. The number of halogens is 3. The third kappa shape index (κ3) is 2.51. The molecular weight excluding hydrogens is 251 g/mol. The van der Waals surface area contributed by atoms with E-state index in [9.17, 15) is 22.8 Å². The fourth-order valence-corrected chi connectivity index (χ4v) is 2.10. The second-order valence-electron chi connectivity index (χ2n) is 4.95. The summed E-state index contributed by atoms with van der Waals surface area (Å²) in [4.78, 5) is 22.5. The summed E-state index contributed by atoms with van der Waals surface area (Å²) >= 11 is 0. The van der Waals surface area contributed by atoms with Crippen LogP contribution in [0.2, 0.25) is 0 Å². The van der Waals surface area contributed by atoms with E-state index in [2.05, 4.69) is 10.6 Å². The topological polar surface area (TPSA) is 84.2 Å². The number of carbonyl (C=O) groups is 2. The quantitative estimate of drug-likeness (QED) is 0.699. The van der Waals surface area contributed by atoms with Gasteiger partial charge in [0.25, 0.3) is 0 Å². The Hall–Kier alpha value is -1.47. The highest BCUT2D eigenvalue weighted by molar-refractivity contribution is 5.93. The van der Waals surface area contributed by atoms with Crippen LogP contribution in [-0.2, 0) is 4.79 Å². The Labute approximate surface area is 101 Å². The summed E-state index contributed by atoms with van der Waals surface area (Å²) in [7, 11) is 0. The lowest BCUT2D eigenvalue weighted by atomic mass is 9.79. The standard InChI is InChI=1S/C10H14F3N3O2/c11-10(12,13)5-3-6(4-5)15-7(17)9(1-2-9)16-8(14)18/h5-6H,1-4H2,(H,15,17)(H3,14,16,18). The van der Waals surface area contributed by atoms with Gasteiger partial charge in [-0.15, -0.1) is 0 Å². The zero-order valence-electron chi connectivity index (χ0n) is 9.51. The first-order valence-electron chi connectivity index (χ1n) is 5.68. The average Bonchev–Trinajstić information content (AvgIpc) is 2.87. The molecule has 4 N–H and O–H groups in total. The van der Waals surface area contributed by atoms with Gasteiger partial charge in [-0.2, -0.15) is 13.2 Å². The van der Waals surface area contributed by atoms with Gasteiger partial charge in [-0.3, -0.25) is 4.79 Å². The first kappa shape index (κ1) is 13.0. The Bertz CT molecular complexity index is 373. The third-order valence-corrected chi connectivity index (χ3v) is 3.48. The maximum Gasteiger partial charge on any atom is 0.391 e. The molecule has 0 saturated heterocycles. The van der Waals surface area contributed by atoms with Crippen LogP contribution >= 0.6 is 0 Å². The first-order valence-corrected chi connectivity index (χ1v) is 5.68. The van der Waals surface area contributed by atoms with Gasteiger partial charge in [-0.05, 0) is 25.7 Å². The van der Waals surface area contributed by atoms with Gasteiger partial charge >= 0.3 is 12.2 Å². The van der Waals surface area contributed by atoms with E-state index < -0.39 is 35.6 Å². The molecule has 2 aliphatic carbocycles. The molecule has 8 heteroatoms. The predicted molar refractivity (Wildman–Crippen MR) is 55.4 cm³/mol. The summed E-state index contributed by atoms with van der Waals surface area (Å²) in [5, 5.41) is 4.85. The van der Waals surface area contributed by atoms with Crippen LogP contribution in [0.15, 0.2) is 0 Å². The van der Waals surface area contributed by atoms with Gasteiger partial charge in [-0.1, -0.05) is 0 Å². The molecule has 0 heterocycles. The fraction of sp³-hybridized carbons (Fsp3) is 0.800. The van der Waals surface area contributed by atoms with Gasteiger partial charge in [-0.25, -0.2) is 4.79 Å². The molecular formula is C10H14F3N3O2. The summed E-state index contributed by atoms with van der Waals surface area (Å²) in [6, 6.07) is -1.26. The number of hydrogen-bond acceptors (Lipinski definition) is 2. The fourth-order valence-electron chi connectivity index (χ4n) is 2.10. The van der Waals surface area contributed by atoms with Gasteiger partial charge in [0.1, 0.15) is 5.54 Å². The monoisotopic (exact) mass is 265 g/mol. The van der Waals surface area contributed by atoms with Crippen LogP contribution in [0.1, 0.15) is 25.7 Å². The van der Waals surface area contributed by atoms with Crippen LogP contribution in [0.4, 0.5) is 18.0 Å². The lowest BCUT2D eigenvalue weighted by Crippen LogP contribution is -2.56. The van der Waals surface area contributed by atoms with Crippen molar-refractivity contribution in [3.63, 3.8) is 0 Å². The van der Waals surface area contributed by atoms with E-state index in [-0.39, 0.29) is 12.8 Å². The molecule has 5 nitrogen and oxygen atoms in total. The molecule has 0 unspecified atom stereocenters. The van der Waals surface area contributed by atoms with Gasteiger partial charge in [0.15, 0.2) is 0 Å². The molecule has 2 saturated carbocycles. The number of carbonyl (C=O) groups excluding carboxylic acids is 2. The van der Waals surface area contributed by atoms with E-state index in [1.807, 2.05) is 0 Å². The zero-order valence-corrected chi connectivity index (χ0v) is 9.51. The summed E-state index contributed by atoms with van der Waals surface area (Å²) < 4.78 is 36.7. The zero-order chi connectivity index (χ0) is 13.6. The average molecular weight is 265 g/mol. The number of rotatable bonds is 3.